The summed E-state index contributed by atoms with van der Waals surface area (Å²) in [5, 5.41) is 0. The van der Waals surface area contributed by atoms with Crippen molar-refractivity contribution in [3.8, 4) is 5.75 Å². The van der Waals surface area contributed by atoms with Gasteiger partial charge in [0.1, 0.15) is 5.75 Å². The zero-order valence-corrected chi connectivity index (χ0v) is 16.3. The van der Waals surface area contributed by atoms with Crippen LogP contribution in [0.5, 0.6) is 5.75 Å². The average Bonchev–Trinajstić information content (AvgIpc) is 3.08. The Hall–Kier alpha value is -3.52. The van der Waals surface area contributed by atoms with E-state index in [1.165, 1.54) is 18.2 Å². The molecule has 0 aliphatic heterocycles. The van der Waals surface area contributed by atoms with Gasteiger partial charge in [-0.25, -0.2) is 13.2 Å². The van der Waals surface area contributed by atoms with Crippen molar-refractivity contribution < 1.29 is 17.6 Å². The number of H-pyrrole nitrogens is 1. The Kier molecular flexibility index (Phi) is 4.85. The quantitative estimate of drug-likeness (QED) is 0.506. The van der Waals surface area contributed by atoms with E-state index in [0.717, 1.165) is 11.1 Å². The molecular weight excluding hydrogens is 392 g/mol. The number of benzene rings is 3. The maximum absolute atomic E-state index is 12.8. The molecule has 4 rings (SSSR count). The largest absolute Gasteiger partial charge is 0.496 e. The first-order valence-corrected chi connectivity index (χ1v) is 10.3. The first-order chi connectivity index (χ1) is 13.9. The molecule has 148 valence electrons. The maximum atomic E-state index is 12.8. The number of anilines is 1. The van der Waals surface area contributed by atoms with E-state index in [1.807, 2.05) is 30.3 Å². The van der Waals surface area contributed by atoms with Crippen molar-refractivity contribution in [3.05, 3.63) is 88.4 Å². The molecule has 0 saturated carbocycles. The fourth-order valence-corrected chi connectivity index (χ4v) is 4.17. The van der Waals surface area contributed by atoms with Crippen LogP contribution in [0, 0.1) is 0 Å². The third-order valence-electron chi connectivity index (χ3n) is 4.47. The molecule has 0 bridgehead atoms. The van der Waals surface area contributed by atoms with Gasteiger partial charge in [0.2, 0.25) is 0 Å². The van der Waals surface area contributed by atoms with E-state index in [1.54, 1.807) is 25.3 Å². The molecule has 0 aliphatic rings. The molecule has 0 unspecified atom stereocenters. The van der Waals surface area contributed by atoms with Crippen LogP contribution in [0.2, 0.25) is 0 Å². The van der Waals surface area contributed by atoms with Gasteiger partial charge in [-0.1, -0.05) is 30.3 Å². The summed E-state index contributed by atoms with van der Waals surface area (Å²) in [6, 6.07) is 19.1. The topological polar surface area (TPSA) is 101 Å². The predicted octanol–water partition coefficient (Wildman–Crippen LogP) is 3.52. The van der Waals surface area contributed by atoms with Crippen molar-refractivity contribution in [1.29, 1.82) is 0 Å². The summed E-state index contributed by atoms with van der Waals surface area (Å²) >= 11 is 0. The average molecular weight is 410 g/mol. The minimum atomic E-state index is -3.87. The second-order valence-corrected chi connectivity index (χ2v) is 8.15. The van der Waals surface area contributed by atoms with Gasteiger partial charge in [0.15, 0.2) is 5.58 Å². The smallest absolute Gasteiger partial charge is 0.417 e. The van der Waals surface area contributed by atoms with Crippen LogP contribution in [-0.4, -0.2) is 20.5 Å². The summed E-state index contributed by atoms with van der Waals surface area (Å²) in [5.41, 5.74) is 2.96. The van der Waals surface area contributed by atoms with E-state index in [2.05, 4.69) is 9.71 Å². The van der Waals surface area contributed by atoms with Crippen molar-refractivity contribution in [2.45, 2.75) is 11.3 Å². The van der Waals surface area contributed by atoms with Crippen molar-refractivity contribution in [2.75, 3.05) is 11.8 Å². The summed E-state index contributed by atoms with van der Waals surface area (Å²) in [4.78, 5) is 13.8. The molecule has 0 saturated heterocycles. The molecule has 1 aromatic heterocycles. The van der Waals surface area contributed by atoms with E-state index >= 15 is 0 Å². The standard InChI is InChI=1S/C21H18N2O5S/c1-27-19-10-7-16(12-15(19)11-14-5-3-2-4-6-14)23-29(25,26)17-8-9-18-20(13-17)28-21(24)22-18/h2-10,12-13,23H,11H2,1H3,(H,22,24). The van der Waals surface area contributed by atoms with Crippen LogP contribution < -0.4 is 15.2 Å². The third kappa shape index (κ3) is 4.02. The van der Waals surface area contributed by atoms with Gasteiger partial charge in [0.25, 0.3) is 10.0 Å². The number of oxazole rings is 1. The van der Waals surface area contributed by atoms with Crippen LogP contribution in [0.25, 0.3) is 11.1 Å². The van der Waals surface area contributed by atoms with E-state index < -0.39 is 15.8 Å². The highest BCUT2D eigenvalue weighted by Crippen LogP contribution is 2.27. The zero-order valence-electron chi connectivity index (χ0n) is 15.5. The lowest BCUT2D eigenvalue weighted by atomic mass is 10.0. The fraction of sp³-hybridized carbons (Fsp3) is 0.0952. The molecule has 7 nitrogen and oxygen atoms in total. The maximum Gasteiger partial charge on any atom is 0.417 e. The Bertz CT molecular complexity index is 1320. The van der Waals surface area contributed by atoms with Crippen LogP contribution in [0.4, 0.5) is 5.69 Å². The number of aromatic nitrogens is 1. The molecule has 0 atom stereocenters. The number of rotatable bonds is 6. The molecule has 0 spiro atoms. The lowest BCUT2D eigenvalue weighted by molar-refractivity contribution is 0.410. The normalized spacial score (nSPS) is 11.5. The van der Waals surface area contributed by atoms with Crippen LogP contribution in [0.1, 0.15) is 11.1 Å². The van der Waals surface area contributed by atoms with Crippen molar-refractivity contribution >= 4 is 26.8 Å². The van der Waals surface area contributed by atoms with Gasteiger partial charge in [-0.2, -0.15) is 0 Å². The highest BCUT2D eigenvalue weighted by atomic mass is 32.2. The first kappa shape index (κ1) is 18.8. The molecule has 8 heteroatoms. The summed E-state index contributed by atoms with van der Waals surface area (Å²) in [6.07, 6.45) is 0.597. The summed E-state index contributed by atoms with van der Waals surface area (Å²) in [5.74, 6) is 0.0375. The Balaban J connectivity index is 1.65. The number of nitrogens with one attached hydrogen (secondary N) is 2. The second kappa shape index (κ2) is 7.48. The van der Waals surface area contributed by atoms with E-state index in [9.17, 15) is 13.2 Å². The van der Waals surface area contributed by atoms with E-state index in [-0.39, 0.29) is 10.5 Å². The molecule has 2 N–H and O–H groups in total. The highest BCUT2D eigenvalue weighted by Gasteiger charge is 2.17. The number of methoxy groups -OCH3 is 1. The first-order valence-electron chi connectivity index (χ1n) is 8.81. The van der Waals surface area contributed by atoms with Gasteiger partial charge >= 0.3 is 5.76 Å². The fourth-order valence-electron chi connectivity index (χ4n) is 3.10. The van der Waals surface area contributed by atoms with Crippen molar-refractivity contribution in [1.82, 2.24) is 4.98 Å². The number of fused-ring (bicyclic) bond motifs is 1. The number of aromatic amines is 1. The molecule has 0 radical (unpaired) electrons. The van der Waals surface area contributed by atoms with Crippen LogP contribution in [-0.2, 0) is 16.4 Å². The van der Waals surface area contributed by atoms with Gasteiger partial charge < -0.3 is 9.15 Å². The Morgan fingerprint density at radius 3 is 2.59 bits per heavy atom. The monoisotopic (exact) mass is 410 g/mol. The number of hydrogen-bond donors (Lipinski definition) is 2. The molecule has 4 aromatic rings. The molecule has 1 heterocycles. The van der Waals surface area contributed by atoms with Crippen LogP contribution in [0.15, 0.2) is 80.8 Å². The molecule has 29 heavy (non-hydrogen) atoms. The predicted molar refractivity (Wildman–Crippen MR) is 110 cm³/mol. The second-order valence-electron chi connectivity index (χ2n) is 6.47. The molecule has 3 aromatic carbocycles. The minimum absolute atomic E-state index is 0.00632. The van der Waals surface area contributed by atoms with Gasteiger partial charge in [-0.3, -0.25) is 9.71 Å². The number of ether oxygens (including phenoxy) is 1. The summed E-state index contributed by atoms with van der Waals surface area (Å²) < 4.78 is 38.5. The molecular formula is C21H18N2O5S. The lowest BCUT2D eigenvalue weighted by Gasteiger charge is -2.13. The zero-order chi connectivity index (χ0) is 20.4. The van der Waals surface area contributed by atoms with Gasteiger partial charge in [0, 0.05) is 23.7 Å². The van der Waals surface area contributed by atoms with Crippen molar-refractivity contribution in [3.63, 3.8) is 0 Å². The SMILES string of the molecule is COc1ccc(NS(=O)(=O)c2ccc3[nH]c(=O)oc3c2)cc1Cc1ccccc1. The summed E-state index contributed by atoms with van der Waals surface area (Å²) in [6.45, 7) is 0. The third-order valence-corrected chi connectivity index (χ3v) is 5.85. The Labute approximate surface area is 167 Å². The van der Waals surface area contributed by atoms with Gasteiger partial charge in [-0.05, 0) is 35.9 Å². The van der Waals surface area contributed by atoms with Crippen LogP contribution in [0.3, 0.4) is 0 Å². The Morgan fingerprint density at radius 1 is 1.03 bits per heavy atom. The molecule has 0 fully saturated rings. The van der Waals surface area contributed by atoms with Gasteiger partial charge in [0.05, 0.1) is 17.5 Å². The highest BCUT2D eigenvalue weighted by molar-refractivity contribution is 7.92. The Morgan fingerprint density at radius 2 is 1.83 bits per heavy atom. The number of hydrogen-bond acceptors (Lipinski definition) is 5. The molecule has 0 aliphatic carbocycles. The number of sulfonamides is 1. The minimum Gasteiger partial charge on any atom is -0.496 e. The van der Waals surface area contributed by atoms with E-state index in [4.69, 9.17) is 9.15 Å². The molecule has 0 amide bonds. The van der Waals surface area contributed by atoms with Crippen molar-refractivity contribution in [2.24, 2.45) is 0 Å². The van der Waals surface area contributed by atoms with E-state index in [0.29, 0.717) is 23.4 Å². The lowest BCUT2D eigenvalue weighted by Crippen LogP contribution is -2.13. The van der Waals surface area contributed by atoms with Crippen LogP contribution >= 0.6 is 0 Å². The summed E-state index contributed by atoms with van der Waals surface area (Å²) in [7, 11) is -2.29. The van der Waals surface area contributed by atoms with Gasteiger partial charge in [-0.15, -0.1) is 0 Å².